The van der Waals surface area contributed by atoms with E-state index in [1.807, 2.05) is 0 Å². The van der Waals surface area contributed by atoms with Gasteiger partial charge in [0.1, 0.15) is 5.82 Å². The first-order chi connectivity index (χ1) is 7.18. The monoisotopic (exact) mass is 208 g/mol. The van der Waals surface area contributed by atoms with E-state index in [9.17, 15) is 9.18 Å². The Bertz CT molecular complexity index is 507. The molecule has 0 amide bonds. The van der Waals surface area contributed by atoms with Gasteiger partial charge in [0.15, 0.2) is 5.95 Å². The molecule has 0 aliphatic carbocycles. The summed E-state index contributed by atoms with van der Waals surface area (Å²) in [5.74, 6) is -0.904. The van der Waals surface area contributed by atoms with Crippen LogP contribution in [0.25, 0.3) is 5.52 Å². The number of carboxylic acid groups (broad SMARTS) is 1. The quantitative estimate of drug-likeness (QED) is 0.777. The molecule has 78 valence electrons. The van der Waals surface area contributed by atoms with Gasteiger partial charge < -0.3 is 5.11 Å². The normalized spacial score (nSPS) is 10.7. The maximum absolute atomic E-state index is 13.4. The first-order valence-corrected chi connectivity index (χ1v) is 4.51. The van der Waals surface area contributed by atoms with Crippen LogP contribution in [0.2, 0.25) is 0 Å². The van der Waals surface area contributed by atoms with Crippen molar-refractivity contribution in [2.75, 3.05) is 0 Å². The van der Waals surface area contributed by atoms with E-state index in [0.29, 0.717) is 11.3 Å². The highest BCUT2D eigenvalue weighted by molar-refractivity contribution is 5.67. The first kappa shape index (κ1) is 9.64. The molecule has 0 saturated carbocycles. The second kappa shape index (κ2) is 3.68. The number of rotatable bonds is 3. The minimum atomic E-state index is -0.914. The average Bonchev–Trinajstić information content (AvgIpc) is 2.59. The van der Waals surface area contributed by atoms with Crippen molar-refractivity contribution in [3.63, 3.8) is 0 Å². The summed E-state index contributed by atoms with van der Waals surface area (Å²) in [5.41, 5.74) is 0.635. The Kier molecular flexibility index (Phi) is 2.37. The van der Waals surface area contributed by atoms with Crippen molar-refractivity contribution in [3.05, 3.63) is 36.2 Å². The van der Waals surface area contributed by atoms with Gasteiger partial charge in [0.25, 0.3) is 0 Å². The third-order valence-electron chi connectivity index (χ3n) is 2.14. The standard InChI is InChI=1S/C10H9FN2O2/c11-8-3-1-2-7-6-12-9(13(7)8)4-5-10(14)15/h1-3,6H,4-5H2,(H,14,15). The predicted octanol–water partition coefficient (Wildman–Crippen LogP) is 1.49. The summed E-state index contributed by atoms with van der Waals surface area (Å²) in [6.07, 6.45) is 1.71. The number of pyridine rings is 1. The Morgan fingerprint density at radius 2 is 2.33 bits per heavy atom. The number of aromatic nitrogens is 2. The van der Waals surface area contributed by atoms with E-state index >= 15 is 0 Å². The molecule has 0 atom stereocenters. The Labute approximate surface area is 85.0 Å². The van der Waals surface area contributed by atoms with E-state index in [1.165, 1.54) is 16.7 Å². The van der Waals surface area contributed by atoms with E-state index in [-0.39, 0.29) is 12.8 Å². The number of fused-ring (bicyclic) bond motifs is 1. The SMILES string of the molecule is O=C(O)CCc1ncc2cccc(F)n12. The number of imidazole rings is 1. The van der Waals surface area contributed by atoms with Gasteiger partial charge in [0.05, 0.1) is 18.1 Å². The lowest BCUT2D eigenvalue weighted by Crippen LogP contribution is -2.03. The topological polar surface area (TPSA) is 54.6 Å². The smallest absolute Gasteiger partial charge is 0.303 e. The molecule has 0 saturated heterocycles. The van der Waals surface area contributed by atoms with Crippen LogP contribution in [0.4, 0.5) is 4.39 Å². The Balaban J connectivity index is 2.39. The van der Waals surface area contributed by atoms with Crippen LogP contribution in [0.1, 0.15) is 12.2 Å². The van der Waals surface area contributed by atoms with Crippen molar-refractivity contribution in [1.29, 1.82) is 0 Å². The highest BCUT2D eigenvalue weighted by atomic mass is 19.1. The Morgan fingerprint density at radius 1 is 1.53 bits per heavy atom. The van der Waals surface area contributed by atoms with Gasteiger partial charge in [0, 0.05) is 6.42 Å². The second-order valence-corrected chi connectivity index (χ2v) is 3.18. The summed E-state index contributed by atoms with van der Waals surface area (Å²) in [4.78, 5) is 14.4. The lowest BCUT2D eigenvalue weighted by Gasteiger charge is -2.00. The fraction of sp³-hybridized carbons (Fsp3) is 0.200. The van der Waals surface area contributed by atoms with Gasteiger partial charge in [-0.25, -0.2) is 4.98 Å². The molecule has 0 spiro atoms. The number of carbonyl (C=O) groups is 1. The molecule has 15 heavy (non-hydrogen) atoms. The van der Waals surface area contributed by atoms with E-state index in [2.05, 4.69) is 4.98 Å². The largest absolute Gasteiger partial charge is 0.481 e. The van der Waals surface area contributed by atoms with Crippen LogP contribution in [0.5, 0.6) is 0 Å². The van der Waals surface area contributed by atoms with Crippen molar-refractivity contribution in [2.24, 2.45) is 0 Å². The van der Waals surface area contributed by atoms with Crippen LogP contribution in [0.3, 0.4) is 0 Å². The van der Waals surface area contributed by atoms with Gasteiger partial charge >= 0.3 is 5.97 Å². The van der Waals surface area contributed by atoms with Crippen LogP contribution in [0.15, 0.2) is 24.4 Å². The third-order valence-corrected chi connectivity index (χ3v) is 2.14. The Hall–Kier alpha value is -1.91. The molecule has 0 aromatic carbocycles. The molecular weight excluding hydrogens is 199 g/mol. The number of aliphatic carboxylic acids is 1. The van der Waals surface area contributed by atoms with E-state index in [4.69, 9.17) is 5.11 Å². The van der Waals surface area contributed by atoms with Crippen molar-refractivity contribution in [3.8, 4) is 0 Å². The van der Waals surface area contributed by atoms with Gasteiger partial charge in [-0.3, -0.25) is 9.20 Å². The minimum Gasteiger partial charge on any atom is -0.481 e. The van der Waals surface area contributed by atoms with Crippen LogP contribution in [-0.4, -0.2) is 20.5 Å². The van der Waals surface area contributed by atoms with Gasteiger partial charge in [-0.1, -0.05) is 6.07 Å². The fourth-order valence-electron chi connectivity index (χ4n) is 1.47. The molecule has 0 bridgehead atoms. The maximum atomic E-state index is 13.4. The molecular formula is C10H9FN2O2. The molecule has 2 aromatic heterocycles. The van der Waals surface area contributed by atoms with Crippen molar-refractivity contribution in [2.45, 2.75) is 12.8 Å². The first-order valence-electron chi connectivity index (χ1n) is 4.51. The zero-order valence-corrected chi connectivity index (χ0v) is 7.85. The third kappa shape index (κ3) is 1.81. The number of hydrogen-bond acceptors (Lipinski definition) is 2. The summed E-state index contributed by atoms with van der Waals surface area (Å²) < 4.78 is 14.7. The van der Waals surface area contributed by atoms with Gasteiger partial charge in [-0.05, 0) is 12.1 Å². The van der Waals surface area contributed by atoms with Gasteiger partial charge in [0.2, 0.25) is 0 Å². The minimum absolute atomic E-state index is 0.0482. The van der Waals surface area contributed by atoms with Crippen LogP contribution < -0.4 is 0 Å². The summed E-state index contributed by atoms with van der Waals surface area (Å²) in [6, 6.07) is 4.63. The van der Waals surface area contributed by atoms with Crippen molar-refractivity contribution < 1.29 is 14.3 Å². The molecule has 1 N–H and O–H groups in total. The molecule has 0 aliphatic rings. The zero-order valence-electron chi connectivity index (χ0n) is 7.85. The highest BCUT2D eigenvalue weighted by Gasteiger charge is 2.08. The molecule has 4 nitrogen and oxygen atoms in total. The predicted molar refractivity (Wildman–Crippen MR) is 51.1 cm³/mol. The lowest BCUT2D eigenvalue weighted by atomic mass is 10.3. The summed E-state index contributed by atoms with van der Waals surface area (Å²) in [5, 5.41) is 8.52. The van der Waals surface area contributed by atoms with Crippen LogP contribution in [0, 0.1) is 5.95 Å². The maximum Gasteiger partial charge on any atom is 0.303 e. The van der Waals surface area contributed by atoms with E-state index in [0.717, 1.165) is 0 Å². The molecule has 5 heteroatoms. The van der Waals surface area contributed by atoms with Gasteiger partial charge in [-0.2, -0.15) is 4.39 Å². The summed E-state index contributed by atoms with van der Waals surface area (Å²) in [6.45, 7) is 0. The summed E-state index contributed by atoms with van der Waals surface area (Å²) >= 11 is 0. The number of carboxylic acids is 1. The van der Waals surface area contributed by atoms with E-state index in [1.54, 1.807) is 12.1 Å². The summed E-state index contributed by atoms with van der Waals surface area (Å²) in [7, 11) is 0. The number of aryl methyl sites for hydroxylation is 1. The number of hydrogen-bond donors (Lipinski definition) is 1. The molecule has 2 aromatic rings. The van der Waals surface area contributed by atoms with Gasteiger partial charge in [-0.15, -0.1) is 0 Å². The lowest BCUT2D eigenvalue weighted by molar-refractivity contribution is -0.137. The molecule has 0 unspecified atom stereocenters. The fourth-order valence-corrected chi connectivity index (χ4v) is 1.47. The Morgan fingerprint density at radius 3 is 3.07 bits per heavy atom. The van der Waals surface area contributed by atoms with Crippen LogP contribution in [-0.2, 0) is 11.2 Å². The number of nitrogens with zero attached hydrogens (tertiary/aromatic N) is 2. The molecule has 0 aliphatic heterocycles. The molecule has 0 fully saturated rings. The van der Waals surface area contributed by atoms with Crippen molar-refractivity contribution in [1.82, 2.24) is 9.38 Å². The molecule has 2 heterocycles. The molecule has 2 rings (SSSR count). The average molecular weight is 208 g/mol. The zero-order chi connectivity index (χ0) is 10.8. The second-order valence-electron chi connectivity index (χ2n) is 3.18. The number of halogens is 1. The highest BCUT2D eigenvalue weighted by Crippen LogP contribution is 2.11. The van der Waals surface area contributed by atoms with E-state index < -0.39 is 11.9 Å². The molecule has 0 radical (unpaired) electrons. The van der Waals surface area contributed by atoms with Crippen molar-refractivity contribution >= 4 is 11.5 Å². The van der Waals surface area contributed by atoms with Crippen LogP contribution >= 0.6 is 0 Å².